The molecule has 0 aliphatic carbocycles. The molecular weight excluding hydrogens is 199 g/mol. The number of hydrogen-bond donors (Lipinski definition) is 0. The number of methoxy groups -OCH3 is 1. The van der Waals surface area contributed by atoms with E-state index in [1.165, 1.54) is 19.2 Å². The summed E-state index contributed by atoms with van der Waals surface area (Å²) >= 11 is 0. The van der Waals surface area contributed by atoms with Gasteiger partial charge in [0.05, 0.1) is 7.11 Å². The van der Waals surface area contributed by atoms with E-state index in [1.807, 2.05) is 0 Å². The molecule has 0 saturated carbocycles. The molecule has 1 aromatic carbocycles. The Morgan fingerprint density at radius 1 is 1.47 bits per heavy atom. The molecular formula is C11H11FO3. The van der Waals surface area contributed by atoms with Gasteiger partial charge in [0, 0.05) is 0 Å². The first-order chi connectivity index (χ1) is 7.08. The number of epoxide rings is 1. The molecule has 2 unspecified atom stereocenters. The van der Waals surface area contributed by atoms with Gasteiger partial charge >= 0.3 is 5.97 Å². The molecule has 15 heavy (non-hydrogen) atoms. The number of halogens is 1. The summed E-state index contributed by atoms with van der Waals surface area (Å²) in [6.07, 6.45) is -0.576. The summed E-state index contributed by atoms with van der Waals surface area (Å²) < 4.78 is 22.5. The number of rotatable bonds is 2. The summed E-state index contributed by atoms with van der Waals surface area (Å²) in [6, 6.07) is 5.91. The summed E-state index contributed by atoms with van der Waals surface area (Å²) in [4.78, 5) is 11.2. The molecule has 1 aromatic rings. The fraction of sp³-hybridized carbons (Fsp3) is 0.364. The third-order valence-electron chi connectivity index (χ3n) is 2.64. The Morgan fingerprint density at radius 2 is 2.07 bits per heavy atom. The van der Waals surface area contributed by atoms with Crippen molar-refractivity contribution in [3.63, 3.8) is 0 Å². The van der Waals surface area contributed by atoms with Gasteiger partial charge in [0.25, 0.3) is 0 Å². The predicted octanol–water partition coefficient (Wildman–Crippen LogP) is 1.61. The van der Waals surface area contributed by atoms with Crippen LogP contribution in [-0.2, 0) is 19.9 Å². The lowest BCUT2D eigenvalue weighted by molar-refractivity contribution is -0.142. The second-order valence-corrected chi connectivity index (χ2v) is 3.63. The van der Waals surface area contributed by atoms with Crippen LogP contribution >= 0.6 is 0 Å². The molecule has 1 heterocycles. The zero-order valence-electron chi connectivity index (χ0n) is 8.49. The molecule has 1 aliphatic heterocycles. The highest BCUT2D eigenvalue weighted by Crippen LogP contribution is 2.46. The summed E-state index contributed by atoms with van der Waals surface area (Å²) in [7, 11) is 1.31. The maximum Gasteiger partial charge on any atom is 0.338 e. The van der Waals surface area contributed by atoms with Crippen molar-refractivity contribution in [3.05, 3.63) is 35.6 Å². The molecule has 1 fully saturated rings. The molecule has 0 spiro atoms. The predicted molar refractivity (Wildman–Crippen MR) is 50.6 cm³/mol. The van der Waals surface area contributed by atoms with Crippen LogP contribution in [0.15, 0.2) is 24.3 Å². The summed E-state index contributed by atoms with van der Waals surface area (Å²) in [6.45, 7) is 1.78. The van der Waals surface area contributed by atoms with Crippen molar-refractivity contribution in [2.75, 3.05) is 7.11 Å². The first-order valence-corrected chi connectivity index (χ1v) is 4.59. The number of benzene rings is 1. The van der Waals surface area contributed by atoms with Crippen molar-refractivity contribution < 1.29 is 18.7 Å². The fourth-order valence-electron chi connectivity index (χ4n) is 1.59. The quantitative estimate of drug-likeness (QED) is 0.550. The molecule has 2 atom stereocenters. The minimum Gasteiger partial charge on any atom is -0.467 e. The Labute approximate surface area is 86.8 Å². The Kier molecular flexibility index (Phi) is 2.23. The van der Waals surface area contributed by atoms with Crippen molar-refractivity contribution in [2.45, 2.75) is 18.6 Å². The van der Waals surface area contributed by atoms with E-state index in [0.29, 0.717) is 0 Å². The largest absolute Gasteiger partial charge is 0.467 e. The van der Waals surface area contributed by atoms with Crippen LogP contribution < -0.4 is 0 Å². The Balaban J connectivity index is 2.19. The zero-order chi connectivity index (χ0) is 11.1. The lowest BCUT2D eigenvalue weighted by Gasteiger charge is -2.05. The molecule has 0 amide bonds. The second kappa shape index (κ2) is 3.31. The van der Waals surface area contributed by atoms with E-state index < -0.39 is 17.7 Å². The van der Waals surface area contributed by atoms with Gasteiger partial charge < -0.3 is 9.47 Å². The van der Waals surface area contributed by atoms with Gasteiger partial charge in [-0.25, -0.2) is 9.18 Å². The zero-order valence-corrected chi connectivity index (χ0v) is 8.49. The third-order valence-corrected chi connectivity index (χ3v) is 2.64. The van der Waals surface area contributed by atoms with Crippen LogP contribution in [0.4, 0.5) is 4.39 Å². The third kappa shape index (κ3) is 1.61. The molecule has 0 radical (unpaired) electrons. The average molecular weight is 210 g/mol. The number of carbonyl (C=O) groups is 1. The van der Waals surface area contributed by atoms with E-state index in [1.54, 1.807) is 19.1 Å². The molecule has 3 nitrogen and oxygen atoms in total. The van der Waals surface area contributed by atoms with Gasteiger partial charge in [-0.2, -0.15) is 0 Å². The van der Waals surface area contributed by atoms with E-state index in [9.17, 15) is 9.18 Å². The van der Waals surface area contributed by atoms with Crippen LogP contribution in [0, 0.1) is 5.82 Å². The Morgan fingerprint density at radius 3 is 2.60 bits per heavy atom. The highest BCUT2D eigenvalue weighted by atomic mass is 19.1. The average Bonchev–Trinajstić information content (AvgIpc) is 2.92. The van der Waals surface area contributed by atoms with Gasteiger partial charge in [-0.05, 0) is 24.6 Å². The second-order valence-electron chi connectivity index (χ2n) is 3.63. The first kappa shape index (κ1) is 10.1. The number of ether oxygens (including phenoxy) is 2. The van der Waals surface area contributed by atoms with Gasteiger partial charge in [-0.3, -0.25) is 0 Å². The number of hydrogen-bond acceptors (Lipinski definition) is 3. The highest BCUT2D eigenvalue weighted by Gasteiger charge is 2.59. The van der Waals surface area contributed by atoms with Crippen LogP contribution in [-0.4, -0.2) is 19.2 Å². The highest BCUT2D eigenvalue weighted by molar-refractivity contribution is 5.79. The van der Waals surface area contributed by atoms with E-state index in [0.717, 1.165) is 5.56 Å². The standard InChI is InChI=1S/C11H11FO3/c1-11(9(15-11)10(13)14-2)7-3-5-8(12)6-4-7/h3-6,9H,1-2H3. The number of carbonyl (C=O) groups excluding carboxylic acids is 1. The molecule has 80 valence electrons. The van der Waals surface area contributed by atoms with E-state index in [2.05, 4.69) is 4.74 Å². The van der Waals surface area contributed by atoms with Crippen molar-refractivity contribution in [2.24, 2.45) is 0 Å². The minimum atomic E-state index is -0.666. The smallest absolute Gasteiger partial charge is 0.338 e. The summed E-state index contributed by atoms with van der Waals surface area (Å²) in [5.41, 5.74) is 0.111. The van der Waals surface area contributed by atoms with Crippen molar-refractivity contribution >= 4 is 5.97 Å². The van der Waals surface area contributed by atoms with Gasteiger partial charge in [0.2, 0.25) is 0 Å². The van der Waals surface area contributed by atoms with Crippen LogP contribution in [0.5, 0.6) is 0 Å². The minimum absolute atomic E-state index is 0.308. The van der Waals surface area contributed by atoms with Gasteiger partial charge in [0.1, 0.15) is 11.4 Å². The number of esters is 1. The van der Waals surface area contributed by atoms with Crippen molar-refractivity contribution in [1.82, 2.24) is 0 Å². The molecule has 0 aromatic heterocycles. The Bertz CT molecular complexity index is 387. The summed E-state index contributed by atoms with van der Waals surface area (Å²) in [5, 5.41) is 0. The van der Waals surface area contributed by atoms with E-state index in [-0.39, 0.29) is 5.82 Å². The molecule has 2 rings (SSSR count). The lowest BCUT2D eigenvalue weighted by atomic mass is 9.97. The van der Waals surface area contributed by atoms with Crippen LogP contribution in [0.1, 0.15) is 12.5 Å². The van der Waals surface area contributed by atoms with Crippen molar-refractivity contribution in [1.29, 1.82) is 0 Å². The molecule has 1 saturated heterocycles. The maximum atomic E-state index is 12.7. The molecule has 4 heteroatoms. The molecule has 0 bridgehead atoms. The topological polar surface area (TPSA) is 38.8 Å². The summed E-state index contributed by atoms with van der Waals surface area (Å²) in [5.74, 6) is -0.709. The first-order valence-electron chi connectivity index (χ1n) is 4.59. The SMILES string of the molecule is COC(=O)C1OC1(C)c1ccc(F)cc1. The van der Waals surface area contributed by atoms with Gasteiger partial charge in [0.15, 0.2) is 6.10 Å². The monoisotopic (exact) mass is 210 g/mol. The maximum absolute atomic E-state index is 12.7. The van der Waals surface area contributed by atoms with Crippen LogP contribution in [0.3, 0.4) is 0 Å². The van der Waals surface area contributed by atoms with Crippen LogP contribution in [0.25, 0.3) is 0 Å². The van der Waals surface area contributed by atoms with E-state index in [4.69, 9.17) is 4.74 Å². The van der Waals surface area contributed by atoms with Gasteiger partial charge in [-0.15, -0.1) is 0 Å². The normalized spacial score (nSPS) is 28.6. The molecule has 0 N–H and O–H groups in total. The van der Waals surface area contributed by atoms with Gasteiger partial charge in [-0.1, -0.05) is 12.1 Å². The fourth-order valence-corrected chi connectivity index (χ4v) is 1.59. The molecule has 1 aliphatic rings. The Hall–Kier alpha value is -1.42. The van der Waals surface area contributed by atoms with Crippen molar-refractivity contribution in [3.8, 4) is 0 Å². The van der Waals surface area contributed by atoms with E-state index >= 15 is 0 Å². The lowest BCUT2D eigenvalue weighted by Crippen LogP contribution is -2.17. The van der Waals surface area contributed by atoms with Crippen LogP contribution in [0.2, 0.25) is 0 Å².